The number of nitrogens with one attached hydrogen (secondary N) is 1. The quantitative estimate of drug-likeness (QED) is 0.779. The Morgan fingerprint density at radius 3 is 2.52 bits per heavy atom. The lowest BCUT2D eigenvalue weighted by Crippen LogP contribution is -2.13. The zero-order valence-corrected chi connectivity index (χ0v) is 13.4. The molecule has 0 aliphatic carbocycles. The molecule has 0 radical (unpaired) electrons. The zero-order chi connectivity index (χ0) is 16.3. The Labute approximate surface area is 135 Å². The van der Waals surface area contributed by atoms with Gasteiger partial charge in [-0.05, 0) is 31.2 Å². The van der Waals surface area contributed by atoms with E-state index in [1.165, 1.54) is 6.20 Å². The van der Waals surface area contributed by atoms with Crippen molar-refractivity contribution in [2.24, 2.45) is 0 Å². The van der Waals surface area contributed by atoms with E-state index in [9.17, 15) is 8.42 Å². The van der Waals surface area contributed by atoms with Crippen molar-refractivity contribution in [1.82, 2.24) is 4.98 Å². The average molecular weight is 328 g/mol. The maximum Gasteiger partial charge on any atom is 0.262 e. The Morgan fingerprint density at radius 2 is 1.83 bits per heavy atom. The van der Waals surface area contributed by atoms with Crippen LogP contribution in [0.4, 0.5) is 5.69 Å². The van der Waals surface area contributed by atoms with Gasteiger partial charge in [0.2, 0.25) is 0 Å². The summed E-state index contributed by atoms with van der Waals surface area (Å²) in [4.78, 5) is 4.13. The number of benzene rings is 2. The lowest BCUT2D eigenvalue weighted by molar-refractivity contribution is 0.344. The minimum absolute atomic E-state index is 0.209. The second-order valence-corrected chi connectivity index (χ2v) is 6.54. The molecule has 0 bridgehead atoms. The van der Waals surface area contributed by atoms with Gasteiger partial charge in [0.05, 0.1) is 23.4 Å². The number of hydrogen-bond donors (Lipinski definition) is 1. The second kappa shape index (κ2) is 6.26. The fraction of sp³-hybridized carbons (Fsp3) is 0.118. The van der Waals surface area contributed by atoms with Crippen LogP contribution in [0.2, 0.25) is 0 Å². The number of aromatic nitrogens is 1. The number of nitrogens with zero attached hydrogens (tertiary/aromatic N) is 1. The monoisotopic (exact) mass is 328 g/mol. The summed E-state index contributed by atoms with van der Waals surface area (Å²) in [7, 11) is -3.72. The second-order valence-electron chi connectivity index (χ2n) is 4.89. The molecule has 1 N–H and O–H groups in total. The molecular weight excluding hydrogens is 312 g/mol. The van der Waals surface area contributed by atoms with Crippen LogP contribution in [0.15, 0.2) is 65.8 Å². The smallest absolute Gasteiger partial charge is 0.262 e. The molecule has 5 nitrogen and oxygen atoms in total. The van der Waals surface area contributed by atoms with Crippen molar-refractivity contribution in [2.45, 2.75) is 11.8 Å². The van der Waals surface area contributed by atoms with Crippen molar-refractivity contribution >= 4 is 26.5 Å². The summed E-state index contributed by atoms with van der Waals surface area (Å²) in [6.07, 6.45) is 3.05. The van der Waals surface area contributed by atoms with Gasteiger partial charge in [-0.1, -0.05) is 24.3 Å². The Hall–Kier alpha value is -2.60. The maximum absolute atomic E-state index is 12.7. The van der Waals surface area contributed by atoms with E-state index in [4.69, 9.17) is 4.74 Å². The highest BCUT2D eigenvalue weighted by molar-refractivity contribution is 7.93. The van der Waals surface area contributed by atoms with Crippen LogP contribution in [0.3, 0.4) is 0 Å². The number of ether oxygens (including phenoxy) is 1. The first kappa shape index (κ1) is 15.3. The van der Waals surface area contributed by atoms with Crippen molar-refractivity contribution in [3.05, 3.63) is 60.9 Å². The summed E-state index contributed by atoms with van der Waals surface area (Å²) in [6, 6.07) is 13.9. The third-order valence-electron chi connectivity index (χ3n) is 3.35. The molecule has 0 aliphatic rings. The number of sulfonamides is 1. The summed E-state index contributed by atoms with van der Waals surface area (Å²) in [5.74, 6) is 0.670. The number of fused-ring (bicyclic) bond motifs is 1. The normalized spacial score (nSPS) is 11.3. The summed E-state index contributed by atoms with van der Waals surface area (Å²) >= 11 is 0. The predicted octanol–water partition coefficient (Wildman–Crippen LogP) is 3.43. The van der Waals surface area contributed by atoms with E-state index < -0.39 is 10.0 Å². The van der Waals surface area contributed by atoms with Crippen LogP contribution in [-0.4, -0.2) is 20.0 Å². The highest BCUT2D eigenvalue weighted by Gasteiger charge is 2.19. The van der Waals surface area contributed by atoms with Crippen molar-refractivity contribution in [2.75, 3.05) is 11.3 Å². The first-order valence-corrected chi connectivity index (χ1v) is 8.67. The topological polar surface area (TPSA) is 68.3 Å². The molecular formula is C17H16N2O3S. The van der Waals surface area contributed by atoms with E-state index in [-0.39, 0.29) is 4.90 Å². The van der Waals surface area contributed by atoms with Crippen molar-refractivity contribution in [3.63, 3.8) is 0 Å². The molecule has 0 amide bonds. The first-order chi connectivity index (χ1) is 11.1. The SMILES string of the molecule is CCOc1ccc(S(=O)(=O)Nc2cccnc2)c2ccccc12. The molecule has 0 aliphatic heterocycles. The van der Waals surface area contributed by atoms with Crippen molar-refractivity contribution in [1.29, 1.82) is 0 Å². The summed E-state index contributed by atoms with van der Waals surface area (Å²) < 4.78 is 33.5. The molecule has 3 rings (SSSR count). The third-order valence-corrected chi connectivity index (χ3v) is 4.79. The van der Waals surface area contributed by atoms with Gasteiger partial charge in [-0.25, -0.2) is 8.42 Å². The minimum Gasteiger partial charge on any atom is -0.493 e. The zero-order valence-electron chi connectivity index (χ0n) is 12.6. The number of hydrogen-bond acceptors (Lipinski definition) is 4. The molecule has 3 aromatic rings. The van der Waals surface area contributed by atoms with Gasteiger partial charge in [0.1, 0.15) is 5.75 Å². The van der Waals surface area contributed by atoms with E-state index in [1.807, 2.05) is 19.1 Å². The Morgan fingerprint density at radius 1 is 1.04 bits per heavy atom. The fourth-order valence-corrected chi connectivity index (χ4v) is 3.65. The van der Waals surface area contributed by atoms with Crippen molar-refractivity contribution in [3.8, 4) is 5.75 Å². The maximum atomic E-state index is 12.7. The van der Waals surface area contributed by atoms with Crippen LogP contribution in [-0.2, 0) is 10.0 Å². The van der Waals surface area contributed by atoms with Crippen molar-refractivity contribution < 1.29 is 13.2 Å². The van der Waals surface area contributed by atoms with Gasteiger partial charge in [-0.2, -0.15) is 0 Å². The molecule has 2 aromatic carbocycles. The molecule has 1 heterocycles. The van der Waals surface area contributed by atoms with Gasteiger partial charge in [0.15, 0.2) is 0 Å². The van der Waals surface area contributed by atoms with Gasteiger partial charge < -0.3 is 4.74 Å². The number of anilines is 1. The lowest BCUT2D eigenvalue weighted by atomic mass is 10.1. The number of rotatable bonds is 5. The molecule has 0 atom stereocenters. The molecule has 1 aromatic heterocycles. The average Bonchev–Trinajstić information content (AvgIpc) is 2.56. The summed E-state index contributed by atoms with van der Waals surface area (Å²) in [6.45, 7) is 2.41. The Bertz CT molecular complexity index is 925. The third kappa shape index (κ3) is 3.12. The molecule has 23 heavy (non-hydrogen) atoms. The van der Waals surface area contributed by atoms with Gasteiger partial charge in [-0.3, -0.25) is 9.71 Å². The minimum atomic E-state index is -3.72. The van der Waals surface area contributed by atoms with Gasteiger partial charge in [0, 0.05) is 17.0 Å². The summed E-state index contributed by atoms with van der Waals surface area (Å²) in [5, 5.41) is 1.39. The van der Waals surface area contributed by atoms with E-state index in [0.29, 0.717) is 23.4 Å². The Kier molecular flexibility index (Phi) is 4.16. The largest absolute Gasteiger partial charge is 0.493 e. The van der Waals surface area contributed by atoms with Gasteiger partial charge in [0.25, 0.3) is 10.0 Å². The van der Waals surface area contributed by atoms with E-state index >= 15 is 0 Å². The van der Waals surface area contributed by atoms with Crippen LogP contribution in [0.25, 0.3) is 10.8 Å². The van der Waals surface area contributed by atoms with Gasteiger partial charge in [-0.15, -0.1) is 0 Å². The van der Waals surface area contributed by atoms with Crippen LogP contribution in [0.5, 0.6) is 5.75 Å². The van der Waals surface area contributed by atoms with Crippen LogP contribution in [0, 0.1) is 0 Å². The molecule has 0 saturated heterocycles. The molecule has 0 spiro atoms. The van der Waals surface area contributed by atoms with E-state index in [2.05, 4.69) is 9.71 Å². The molecule has 0 fully saturated rings. The van der Waals surface area contributed by atoms with Gasteiger partial charge >= 0.3 is 0 Å². The van der Waals surface area contributed by atoms with E-state index in [0.717, 1.165) is 5.39 Å². The number of pyridine rings is 1. The standard InChI is InChI=1S/C17H16N2O3S/c1-2-22-16-9-10-17(15-8-4-3-7-14(15)16)23(20,21)19-13-6-5-11-18-12-13/h3-12,19H,2H2,1H3. The highest BCUT2D eigenvalue weighted by Crippen LogP contribution is 2.31. The predicted molar refractivity (Wildman–Crippen MR) is 90.2 cm³/mol. The van der Waals surface area contributed by atoms with E-state index in [1.54, 1.807) is 42.6 Å². The molecule has 0 unspecified atom stereocenters. The lowest BCUT2D eigenvalue weighted by Gasteiger charge is -2.13. The fourth-order valence-electron chi connectivity index (χ4n) is 2.39. The van der Waals surface area contributed by atoms with Crippen LogP contribution >= 0.6 is 0 Å². The molecule has 6 heteroatoms. The first-order valence-electron chi connectivity index (χ1n) is 7.19. The molecule has 0 saturated carbocycles. The van der Waals surface area contributed by atoms with Crippen LogP contribution < -0.4 is 9.46 Å². The summed E-state index contributed by atoms with van der Waals surface area (Å²) in [5.41, 5.74) is 0.422. The Balaban J connectivity index is 2.11. The van der Waals surface area contributed by atoms with Crippen LogP contribution in [0.1, 0.15) is 6.92 Å². The molecule has 118 valence electrons. The highest BCUT2D eigenvalue weighted by atomic mass is 32.2.